The predicted molar refractivity (Wildman–Crippen MR) is 134 cm³/mol. The molecule has 2 aliphatic rings. The third-order valence-electron chi connectivity index (χ3n) is 6.64. The van der Waals surface area contributed by atoms with Gasteiger partial charge in [-0.2, -0.15) is 4.31 Å². The fraction of sp³-hybridized carbons (Fsp3) is 0.500. The summed E-state index contributed by atoms with van der Waals surface area (Å²) in [5.74, 6) is 1.03. The molecule has 0 aromatic heterocycles. The van der Waals surface area contributed by atoms with Crippen molar-refractivity contribution in [3.63, 3.8) is 0 Å². The van der Waals surface area contributed by atoms with Gasteiger partial charge in [0, 0.05) is 45.7 Å². The molecular weight excluding hydrogens is 450 g/mol. The van der Waals surface area contributed by atoms with Crippen molar-refractivity contribution in [2.45, 2.75) is 43.9 Å². The number of nitrogens with zero attached hydrogens (tertiary/aromatic N) is 3. The molecule has 0 bridgehead atoms. The van der Waals surface area contributed by atoms with E-state index >= 15 is 0 Å². The SMILES string of the molecule is CCOc1ccccc1N1CCN(C(=O)CCc2ccc(S(=O)(=O)N3CCCCC3)cc2)CC1. The summed E-state index contributed by atoms with van der Waals surface area (Å²) in [7, 11) is -3.42. The van der Waals surface area contributed by atoms with Gasteiger partial charge in [-0.15, -0.1) is 0 Å². The molecule has 1 amide bonds. The number of hydrogen-bond acceptors (Lipinski definition) is 5. The quantitative estimate of drug-likeness (QED) is 0.572. The van der Waals surface area contributed by atoms with Gasteiger partial charge in [-0.1, -0.05) is 30.7 Å². The molecule has 2 aliphatic heterocycles. The maximum absolute atomic E-state index is 12.8. The number of carbonyl (C=O) groups excluding carboxylic acids is 1. The molecule has 0 spiro atoms. The van der Waals surface area contributed by atoms with Gasteiger partial charge in [0.05, 0.1) is 17.2 Å². The van der Waals surface area contributed by atoms with Crippen molar-refractivity contribution in [1.29, 1.82) is 0 Å². The Hall–Kier alpha value is -2.58. The van der Waals surface area contributed by atoms with E-state index in [0.717, 1.165) is 49.4 Å². The topological polar surface area (TPSA) is 70.2 Å². The van der Waals surface area contributed by atoms with Crippen LogP contribution in [0, 0.1) is 0 Å². The lowest BCUT2D eigenvalue weighted by Gasteiger charge is -2.36. The highest BCUT2D eigenvalue weighted by molar-refractivity contribution is 7.89. The van der Waals surface area contributed by atoms with Crippen LogP contribution in [0.5, 0.6) is 5.75 Å². The van der Waals surface area contributed by atoms with Crippen LogP contribution in [0.1, 0.15) is 38.2 Å². The van der Waals surface area contributed by atoms with E-state index in [1.165, 1.54) is 0 Å². The maximum Gasteiger partial charge on any atom is 0.243 e. The standard InChI is InChI=1S/C26H35N3O4S/c1-2-33-25-9-5-4-8-24(25)27-18-20-28(21-19-27)26(30)15-12-22-10-13-23(14-11-22)34(31,32)29-16-6-3-7-17-29/h4-5,8-11,13-14H,2-3,6-7,12,15-21H2,1H3. The van der Waals surface area contributed by atoms with Gasteiger partial charge in [0.25, 0.3) is 0 Å². The van der Waals surface area contributed by atoms with Crippen molar-refractivity contribution in [3.8, 4) is 5.75 Å². The summed E-state index contributed by atoms with van der Waals surface area (Å²) in [6, 6.07) is 15.1. The highest BCUT2D eigenvalue weighted by Gasteiger charge is 2.26. The second-order valence-electron chi connectivity index (χ2n) is 8.88. The zero-order valence-corrected chi connectivity index (χ0v) is 20.8. The van der Waals surface area contributed by atoms with Gasteiger partial charge in [0.15, 0.2) is 0 Å². The molecule has 0 radical (unpaired) electrons. The van der Waals surface area contributed by atoms with Crippen LogP contribution < -0.4 is 9.64 Å². The molecule has 2 heterocycles. The van der Waals surface area contributed by atoms with Crippen LogP contribution in [0.15, 0.2) is 53.4 Å². The van der Waals surface area contributed by atoms with Gasteiger partial charge in [-0.25, -0.2) is 8.42 Å². The summed E-state index contributed by atoms with van der Waals surface area (Å²) >= 11 is 0. The number of para-hydroxylation sites is 2. The van der Waals surface area contributed by atoms with Crippen LogP contribution in [-0.4, -0.2) is 69.4 Å². The minimum atomic E-state index is -3.42. The number of aryl methyl sites for hydroxylation is 1. The third-order valence-corrected chi connectivity index (χ3v) is 8.55. The van der Waals surface area contributed by atoms with E-state index in [1.54, 1.807) is 16.4 Å². The first-order valence-corrected chi connectivity index (χ1v) is 13.8. The lowest BCUT2D eigenvalue weighted by molar-refractivity contribution is -0.131. The number of hydrogen-bond donors (Lipinski definition) is 0. The molecular formula is C26H35N3O4S. The largest absolute Gasteiger partial charge is 0.492 e. The van der Waals surface area contributed by atoms with Gasteiger partial charge in [0.2, 0.25) is 15.9 Å². The highest BCUT2D eigenvalue weighted by atomic mass is 32.2. The van der Waals surface area contributed by atoms with Crippen LogP contribution in [0.2, 0.25) is 0 Å². The van der Waals surface area contributed by atoms with E-state index in [4.69, 9.17) is 4.74 Å². The third kappa shape index (κ3) is 5.73. The van der Waals surface area contributed by atoms with E-state index in [9.17, 15) is 13.2 Å². The molecule has 2 aromatic carbocycles. The molecule has 0 unspecified atom stereocenters. The van der Waals surface area contributed by atoms with E-state index < -0.39 is 10.0 Å². The number of ether oxygens (including phenoxy) is 1. The molecule has 2 aromatic rings. The number of anilines is 1. The molecule has 0 saturated carbocycles. The Morgan fingerprint density at radius 2 is 1.56 bits per heavy atom. The number of benzene rings is 2. The average Bonchev–Trinajstić information content (AvgIpc) is 2.89. The highest BCUT2D eigenvalue weighted by Crippen LogP contribution is 2.29. The maximum atomic E-state index is 12.8. The normalized spacial score (nSPS) is 17.6. The number of piperidine rings is 1. The first-order valence-electron chi connectivity index (χ1n) is 12.3. The van der Waals surface area contributed by atoms with Crippen LogP contribution >= 0.6 is 0 Å². The van der Waals surface area contributed by atoms with Crippen molar-refractivity contribution in [2.24, 2.45) is 0 Å². The van der Waals surface area contributed by atoms with Crippen LogP contribution in [0.3, 0.4) is 0 Å². The summed E-state index contributed by atoms with van der Waals surface area (Å²) < 4.78 is 33.0. The van der Waals surface area contributed by atoms with Crippen molar-refractivity contribution in [3.05, 3.63) is 54.1 Å². The number of sulfonamides is 1. The van der Waals surface area contributed by atoms with Crippen LogP contribution in [0.25, 0.3) is 0 Å². The molecule has 7 nitrogen and oxygen atoms in total. The summed E-state index contributed by atoms with van der Waals surface area (Å²) in [5, 5.41) is 0. The second-order valence-corrected chi connectivity index (χ2v) is 10.8. The summed E-state index contributed by atoms with van der Waals surface area (Å²) in [5.41, 5.74) is 2.06. The Bertz CT molecular complexity index is 1060. The van der Waals surface area contributed by atoms with Crippen LogP contribution in [0.4, 0.5) is 5.69 Å². The van der Waals surface area contributed by atoms with Crippen LogP contribution in [-0.2, 0) is 21.2 Å². The number of amides is 1. The minimum Gasteiger partial charge on any atom is -0.492 e. The molecule has 184 valence electrons. The molecule has 2 saturated heterocycles. The van der Waals surface area contributed by atoms with Gasteiger partial charge in [-0.3, -0.25) is 4.79 Å². The van der Waals surface area contributed by atoms with Gasteiger partial charge < -0.3 is 14.5 Å². The number of carbonyl (C=O) groups is 1. The van der Waals surface area contributed by atoms with Crippen molar-refractivity contribution in [1.82, 2.24) is 9.21 Å². The van der Waals surface area contributed by atoms with E-state index in [1.807, 2.05) is 42.2 Å². The zero-order chi connectivity index (χ0) is 24.0. The van der Waals surface area contributed by atoms with E-state index in [0.29, 0.717) is 50.5 Å². The first kappa shape index (κ1) is 24.5. The summed E-state index contributed by atoms with van der Waals surface area (Å²) in [6.07, 6.45) is 3.97. The monoisotopic (exact) mass is 485 g/mol. The number of rotatable bonds is 8. The molecule has 0 aliphatic carbocycles. The fourth-order valence-electron chi connectivity index (χ4n) is 4.68. The lowest BCUT2D eigenvalue weighted by Crippen LogP contribution is -2.49. The van der Waals surface area contributed by atoms with Gasteiger partial charge in [0.1, 0.15) is 5.75 Å². The molecule has 8 heteroatoms. The van der Waals surface area contributed by atoms with Crippen molar-refractivity contribution in [2.75, 3.05) is 50.8 Å². The van der Waals surface area contributed by atoms with Gasteiger partial charge in [-0.05, 0) is 56.0 Å². The Morgan fingerprint density at radius 3 is 2.24 bits per heavy atom. The Morgan fingerprint density at radius 1 is 0.882 bits per heavy atom. The number of piperazine rings is 1. The Labute approximate surface area is 203 Å². The van der Waals surface area contributed by atoms with Crippen molar-refractivity contribution >= 4 is 21.6 Å². The lowest BCUT2D eigenvalue weighted by atomic mass is 10.1. The second kappa shape index (κ2) is 11.2. The molecule has 0 N–H and O–H groups in total. The first-order chi connectivity index (χ1) is 16.5. The van der Waals surface area contributed by atoms with Gasteiger partial charge >= 0.3 is 0 Å². The molecule has 4 rings (SSSR count). The Kier molecular flexibility index (Phi) is 8.11. The smallest absolute Gasteiger partial charge is 0.243 e. The predicted octanol–water partition coefficient (Wildman–Crippen LogP) is 3.54. The fourth-order valence-corrected chi connectivity index (χ4v) is 6.20. The van der Waals surface area contributed by atoms with E-state index in [-0.39, 0.29) is 5.91 Å². The summed E-state index contributed by atoms with van der Waals surface area (Å²) in [4.78, 5) is 17.3. The van der Waals surface area contributed by atoms with E-state index in [2.05, 4.69) is 11.0 Å². The zero-order valence-electron chi connectivity index (χ0n) is 20.0. The van der Waals surface area contributed by atoms with Crippen molar-refractivity contribution < 1.29 is 17.9 Å². The molecule has 34 heavy (non-hydrogen) atoms. The summed E-state index contributed by atoms with van der Waals surface area (Å²) in [6.45, 7) is 6.73. The molecule has 2 fully saturated rings. The average molecular weight is 486 g/mol. The Balaban J connectivity index is 1.27. The minimum absolute atomic E-state index is 0.141. The molecule has 0 atom stereocenters.